The van der Waals surface area contributed by atoms with Gasteiger partial charge < -0.3 is 15.2 Å². The van der Waals surface area contributed by atoms with Gasteiger partial charge in [-0.1, -0.05) is 26.0 Å². The van der Waals surface area contributed by atoms with Crippen molar-refractivity contribution in [3.63, 3.8) is 0 Å². The first-order chi connectivity index (χ1) is 8.66. The minimum atomic E-state index is -1.35. The molecule has 0 atom stereocenters. The molecule has 0 saturated carbocycles. The molecule has 2 N–H and O–H groups in total. The monoisotopic (exact) mass is 265 g/mol. The number of aliphatic hydroxyl groups is 1. The lowest BCUT2D eigenvalue weighted by atomic mass is 9.84. The molecule has 0 aliphatic carbocycles. The minimum absolute atomic E-state index is 0.215. The van der Waals surface area contributed by atoms with Crippen LogP contribution in [-0.4, -0.2) is 30.3 Å². The first-order valence-electron chi connectivity index (χ1n) is 6.32. The lowest BCUT2D eigenvalue weighted by Crippen LogP contribution is -2.46. The highest BCUT2D eigenvalue weighted by molar-refractivity contribution is 5.83. The Morgan fingerprint density at radius 3 is 2.16 bits per heavy atom. The SMILES string of the molecule is COc1ccc(C(C)(C)CNC(=O)C(C)(C)O)cc1. The average Bonchev–Trinajstić information content (AvgIpc) is 2.35. The van der Waals surface area contributed by atoms with Crippen LogP contribution in [0.2, 0.25) is 0 Å². The van der Waals surface area contributed by atoms with Crippen LogP contribution >= 0.6 is 0 Å². The van der Waals surface area contributed by atoms with Crippen LogP contribution in [0, 0.1) is 0 Å². The Bertz CT molecular complexity index is 430. The number of carbonyl (C=O) groups excluding carboxylic acids is 1. The van der Waals surface area contributed by atoms with Crippen LogP contribution in [0.4, 0.5) is 0 Å². The standard InChI is InChI=1S/C15H23NO3/c1-14(2,10-16-13(17)15(3,4)18)11-6-8-12(19-5)9-7-11/h6-9,18H,10H2,1-5H3,(H,16,17). The zero-order valence-corrected chi connectivity index (χ0v) is 12.3. The van der Waals surface area contributed by atoms with Crippen molar-refractivity contribution in [1.82, 2.24) is 5.32 Å². The zero-order chi connectivity index (χ0) is 14.7. The quantitative estimate of drug-likeness (QED) is 0.854. The van der Waals surface area contributed by atoms with Crippen molar-refractivity contribution < 1.29 is 14.6 Å². The molecule has 1 aromatic carbocycles. The summed E-state index contributed by atoms with van der Waals surface area (Å²) in [5, 5.41) is 12.4. The molecule has 0 spiro atoms. The fourth-order valence-corrected chi connectivity index (χ4v) is 1.66. The molecule has 0 unspecified atom stereocenters. The molecule has 106 valence electrons. The van der Waals surface area contributed by atoms with E-state index in [0.717, 1.165) is 11.3 Å². The average molecular weight is 265 g/mol. The second-order valence-electron chi connectivity index (χ2n) is 5.85. The molecule has 0 aliphatic heterocycles. The van der Waals surface area contributed by atoms with Crippen LogP contribution in [0.1, 0.15) is 33.3 Å². The van der Waals surface area contributed by atoms with Crippen LogP contribution < -0.4 is 10.1 Å². The minimum Gasteiger partial charge on any atom is -0.497 e. The number of carbonyl (C=O) groups is 1. The Morgan fingerprint density at radius 2 is 1.74 bits per heavy atom. The summed E-state index contributed by atoms with van der Waals surface area (Å²) >= 11 is 0. The summed E-state index contributed by atoms with van der Waals surface area (Å²) < 4.78 is 5.12. The van der Waals surface area contributed by atoms with Gasteiger partial charge in [-0.05, 0) is 31.5 Å². The van der Waals surface area contributed by atoms with Gasteiger partial charge in [0.05, 0.1) is 7.11 Å². The molecular weight excluding hydrogens is 242 g/mol. The van der Waals surface area contributed by atoms with Gasteiger partial charge in [0, 0.05) is 12.0 Å². The largest absolute Gasteiger partial charge is 0.497 e. The summed E-state index contributed by atoms with van der Waals surface area (Å²) in [6.07, 6.45) is 0. The first kappa shape index (κ1) is 15.5. The summed E-state index contributed by atoms with van der Waals surface area (Å²) in [6, 6.07) is 7.76. The van der Waals surface area contributed by atoms with E-state index in [1.165, 1.54) is 13.8 Å². The van der Waals surface area contributed by atoms with Crippen LogP contribution in [0.15, 0.2) is 24.3 Å². The predicted molar refractivity (Wildman–Crippen MR) is 75.3 cm³/mol. The second kappa shape index (κ2) is 5.61. The van der Waals surface area contributed by atoms with E-state index in [1.807, 2.05) is 38.1 Å². The van der Waals surface area contributed by atoms with E-state index in [9.17, 15) is 9.90 Å². The molecular formula is C15H23NO3. The van der Waals surface area contributed by atoms with E-state index < -0.39 is 5.60 Å². The van der Waals surface area contributed by atoms with Crippen LogP contribution in [-0.2, 0) is 10.2 Å². The molecule has 4 nitrogen and oxygen atoms in total. The van der Waals surface area contributed by atoms with Gasteiger partial charge in [-0.25, -0.2) is 0 Å². The predicted octanol–water partition coefficient (Wildman–Crippen LogP) is 1.86. The Labute approximate surface area is 114 Å². The highest BCUT2D eigenvalue weighted by Crippen LogP contribution is 2.24. The molecule has 0 aromatic heterocycles. The van der Waals surface area contributed by atoms with E-state index in [2.05, 4.69) is 5.32 Å². The molecule has 1 amide bonds. The number of hydrogen-bond donors (Lipinski definition) is 2. The van der Waals surface area contributed by atoms with Gasteiger partial charge in [0.15, 0.2) is 0 Å². The smallest absolute Gasteiger partial charge is 0.251 e. The summed E-state index contributed by atoms with van der Waals surface area (Å²) in [5.74, 6) is 0.439. The Balaban J connectivity index is 2.72. The summed E-state index contributed by atoms with van der Waals surface area (Å²) in [5.41, 5.74) is -0.465. The van der Waals surface area contributed by atoms with Crippen LogP contribution in [0.3, 0.4) is 0 Å². The van der Waals surface area contributed by atoms with Gasteiger partial charge in [-0.15, -0.1) is 0 Å². The van der Waals surface area contributed by atoms with Gasteiger partial charge in [0.25, 0.3) is 5.91 Å². The van der Waals surface area contributed by atoms with Crippen molar-refractivity contribution in [2.75, 3.05) is 13.7 Å². The van der Waals surface area contributed by atoms with Crippen molar-refractivity contribution in [2.45, 2.75) is 38.7 Å². The first-order valence-corrected chi connectivity index (χ1v) is 6.32. The van der Waals surface area contributed by atoms with Gasteiger partial charge in [0.2, 0.25) is 0 Å². The summed E-state index contributed by atoms with van der Waals surface area (Å²) in [4.78, 5) is 11.7. The number of nitrogens with one attached hydrogen (secondary N) is 1. The van der Waals surface area contributed by atoms with Crippen molar-refractivity contribution in [3.8, 4) is 5.75 Å². The molecule has 4 heteroatoms. The Morgan fingerprint density at radius 1 is 1.21 bits per heavy atom. The highest BCUT2D eigenvalue weighted by atomic mass is 16.5. The third kappa shape index (κ3) is 4.24. The topological polar surface area (TPSA) is 58.6 Å². The van der Waals surface area contributed by atoms with Crippen molar-refractivity contribution in [1.29, 1.82) is 0 Å². The molecule has 0 radical (unpaired) electrons. The van der Waals surface area contributed by atoms with Gasteiger partial charge >= 0.3 is 0 Å². The zero-order valence-electron chi connectivity index (χ0n) is 12.3. The summed E-state index contributed by atoms with van der Waals surface area (Å²) in [7, 11) is 1.63. The second-order valence-corrected chi connectivity index (χ2v) is 5.85. The van der Waals surface area contributed by atoms with Crippen molar-refractivity contribution >= 4 is 5.91 Å². The number of benzene rings is 1. The number of ether oxygens (including phenoxy) is 1. The fourth-order valence-electron chi connectivity index (χ4n) is 1.66. The number of rotatable bonds is 5. The lowest BCUT2D eigenvalue weighted by molar-refractivity contribution is -0.136. The van der Waals surface area contributed by atoms with Crippen molar-refractivity contribution in [2.24, 2.45) is 0 Å². The molecule has 0 bridgehead atoms. The molecule has 1 rings (SSSR count). The van der Waals surface area contributed by atoms with Crippen LogP contribution in [0.25, 0.3) is 0 Å². The van der Waals surface area contributed by atoms with Gasteiger partial charge in [-0.3, -0.25) is 4.79 Å². The van der Waals surface area contributed by atoms with Gasteiger partial charge in [0.1, 0.15) is 11.4 Å². The normalized spacial score (nSPS) is 12.1. The lowest BCUT2D eigenvalue weighted by Gasteiger charge is -2.27. The van der Waals surface area contributed by atoms with Crippen LogP contribution in [0.5, 0.6) is 5.75 Å². The van der Waals surface area contributed by atoms with Crippen molar-refractivity contribution in [3.05, 3.63) is 29.8 Å². The maximum atomic E-state index is 11.7. The van der Waals surface area contributed by atoms with E-state index in [-0.39, 0.29) is 11.3 Å². The maximum absolute atomic E-state index is 11.7. The third-order valence-corrected chi connectivity index (χ3v) is 3.12. The third-order valence-electron chi connectivity index (χ3n) is 3.12. The number of amides is 1. The molecule has 0 fully saturated rings. The van der Waals surface area contributed by atoms with Gasteiger partial charge in [-0.2, -0.15) is 0 Å². The molecule has 0 saturated heterocycles. The maximum Gasteiger partial charge on any atom is 0.251 e. The molecule has 19 heavy (non-hydrogen) atoms. The Kier molecular flexibility index (Phi) is 4.58. The highest BCUT2D eigenvalue weighted by Gasteiger charge is 2.27. The van der Waals surface area contributed by atoms with E-state index in [4.69, 9.17) is 4.74 Å². The summed E-state index contributed by atoms with van der Waals surface area (Å²) in [6.45, 7) is 7.49. The van der Waals surface area contributed by atoms with E-state index in [0.29, 0.717) is 6.54 Å². The fraction of sp³-hybridized carbons (Fsp3) is 0.533. The number of hydrogen-bond acceptors (Lipinski definition) is 3. The van der Waals surface area contributed by atoms with E-state index >= 15 is 0 Å². The number of methoxy groups -OCH3 is 1. The molecule has 0 aliphatic rings. The van der Waals surface area contributed by atoms with E-state index in [1.54, 1.807) is 7.11 Å². The Hall–Kier alpha value is -1.55. The molecule has 1 aromatic rings. The molecule has 0 heterocycles.